The number of aryl methyl sites for hydroxylation is 3. The van der Waals surface area contributed by atoms with E-state index < -0.39 is 0 Å². The van der Waals surface area contributed by atoms with E-state index in [0.717, 1.165) is 41.2 Å². The number of amides is 1. The van der Waals surface area contributed by atoms with Crippen LogP contribution in [0, 0.1) is 13.8 Å². The Morgan fingerprint density at radius 1 is 1.12 bits per heavy atom. The van der Waals surface area contributed by atoms with Gasteiger partial charge in [0.25, 0.3) is 5.91 Å². The second-order valence-corrected chi connectivity index (χ2v) is 7.84. The quantitative estimate of drug-likeness (QED) is 0.616. The third-order valence-electron chi connectivity index (χ3n) is 3.79. The van der Waals surface area contributed by atoms with Gasteiger partial charge in [-0.15, -0.1) is 22.7 Å². The number of hydrogen-bond donors (Lipinski definition) is 1. The highest BCUT2D eigenvalue weighted by atomic mass is 32.1. The van der Waals surface area contributed by atoms with Crippen LogP contribution in [0.1, 0.15) is 38.9 Å². The molecule has 2 aromatic heterocycles. The molecule has 0 saturated carbocycles. The Balaban J connectivity index is 1.49. The van der Waals surface area contributed by atoms with E-state index in [4.69, 9.17) is 0 Å². The summed E-state index contributed by atoms with van der Waals surface area (Å²) < 4.78 is 0. The number of benzene rings is 1. The second-order valence-electron chi connectivity index (χ2n) is 5.90. The summed E-state index contributed by atoms with van der Waals surface area (Å²) >= 11 is 3.16. The van der Waals surface area contributed by atoms with E-state index in [-0.39, 0.29) is 5.91 Å². The van der Waals surface area contributed by atoms with Crippen molar-refractivity contribution < 1.29 is 4.79 Å². The van der Waals surface area contributed by atoms with E-state index in [9.17, 15) is 4.79 Å². The van der Waals surface area contributed by atoms with Gasteiger partial charge in [0.1, 0.15) is 9.88 Å². The van der Waals surface area contributed by atoms with E-state index in [0.29, 0.717) is 11.4 Å². The summed E-state index contributed by atoms with van der Waals surface area (Å²) in [5, 5.41) is 7.15. The fraction of sp³-hybridized carbons (Fsp3) is 0.316. The molecule has 0 aliphatic carbocycles. The third-order valence-corrected chi connectivity index (χ3v) is 6.02. The molecule has 1 aromatic carbocycles. The van der Waals surface area contributed by atoms with Crippen molar-refractivity contribution in [3.8, 4) is 10.6 Å². The lowest BCUT2D eigenvalue weighted by molar-refractivity contribution is 0.0956. The normalized spacial score (nSPS) is 10.8. The van der Waals surface area contributed by atoms with Crippen molar-refractivity contribution in [1.82, 2.24) is 15.3 Å². The lowest BCUT2D eigenvalue weighted by Crippen LogP contribution is -2.24. The molecule has 3 rings (SSSR count). The van der Waals surface area contributed by atoms with Crippen LogP contribution >= 0.6 is 22.7 Å². The molecule has 0 spiro atoms. The maximum atomic E-state index is 12.4. The van der Waals surface area contributed by atoms with Gasteiger partial charge in [-0.1, -0.05) is 30.3 Å². The van der Waals surface area contributed by atoms with Crippen LogP contribution in [-0.2, 0) is 6.42 Å². The highest BCUT2D eigenvalue weighted by molar-refractivity contribution is 7.17. The number of aromatic nitrogens is 2. The van der Waals surface area contributed by atoms with Crippen molar-refractivity contribution in [1.29, 1.82) is 0 Å². The first-order chi connectivity index (χ1) is 12.1. The molecule has 25 heavy (non-hydrogen) atoms. The van der Waals surface area contributed by atoms with Gasteiger partial charge in [-0.2, -0.15) is 0 Å². The van der Waals surface area contributed by atoms with E-state index in [2.05, 4.69) is 20.7 Å². The van der Waals surface area contributed by atoms with Gasteiger partial charge in [0.05, 0.1) is 10.7 Å². The molecule has 6 heteroatoms. The summed E-state index contributed by atoms with van der Waals surface area (Å²) in [7, 11) is 0. The fourth-order valence-corrected chi connectivity index (χ4v) is 4.32. The van der Waals surface area contributed by atoms with Gasteiger partial charge in [0.15, 0.2) is 0 Å². The summed E-state index contributed by atoms with van der Waals surface area (Å²) in [5.41, 5.74) is 2.93. The molecule has 4 nitrogen and oxygen atoms in total. The van der Waals surface area contributed by atoms with Crippen LogP contribution in [-0.4, -0.2) is 22.4 Å². The molecule has 1 N–H and O–H groups in total. The molecule has 3 aromatic rings. The van der Waals surface area contributed by atoms with Crippen LogP contribution in [0.3, 0.4) is 0 Å². The number of nitrogens with zero attached hydrogens (tertiary/aromatic N) is 2. The number of carbonyl (C=O) groups is 1. The van der Waals surface area contributed by atoms with Crippen molar-refractivity contribution in [2.24, 2.45) is 0 Å². The molecule has 0 bridgehead atoms. The van der Waals surface area contributed by atoms with Crippen LogP contribution in [0.25, 0.3) is 10.6 Å². The molecule has 0 saturated heterocycles. The summed E-state index contributed by atoms with van der Waals surface area (Å²) in [6, 6.07) is 9.97. The van der Waals surface area contributed by atoms with Crippen molar-refractivity contribution in [2.75, 3.05) is 6.54 Å². The minimum absolute atomic E-state index is 0.0257. The average molecular weight is 372 g/mol. The predicted molar refractivity (Wildman–Crippen MR) is 104 cm³/mol. The molecule has 2 heterocycles. The van der Waals surface area contributed by atoms with Gasteiger partial charge >= 0.3 is 0 Å². The summed E-state index contributed by atoms with van der Waals surface area (Å²) in [6.07, 6.45) is 2.96. The number of rotatable bonds is 7. The SMILES string of the molecule is Cc1csc(CCCCNC(=O)c2sc(-c3ccccc3)nc2C)n1. The smallest absolute Gasteiger partial charge is 0.263 e. The zero-order valence-electron chi connectivity index (χ0n) is 14.4. The zero-order valence-corrected chi connectivity index (χ0v) is 16.0. The lowest BCUT2D eigenvalue weighted by atomic mass is 10.2. The predicted octanol–water partition coefficient (Wildman–Crippen LogP) is 4.64. The first-order valence-corrected chi connectivity index (χ1v) is 10.0. The number of thiazole rings is 2. The van der Waals surface area contributed by atoms with Crippen molar-refractivity contribution in [2.45, 2.75) is 33.1 Å². The maximum absolute atomic E-state index is 12.4. The summed E-state index contributed by atoms with van der Waals surface area (Å²) in [6.45, 7) is 4.59. The molecule has 0 radical (unpaired) electrons. The van der Waals surface area contributed by atoms with Crippen LogP contribution in [0.5, 0.6) is 0 Å². The molecule has 0 fully saturated rings. The van der Waals surface area contributed by atoms with Crippen molar-refractivity contribution in [3.05, 3.63) is 57.0 Å². The second kappa shape index (κ2) is 8.36. The minimum Gasteiger partial charge on any atom is -0.351 e. The highest BCUT2D eigenvalue weighted by Gasteiger charge is 2.15. The Morgan fingerprint density at radius 2 is 1.92 bits per heavy atom. The summed E-state index contributed by atoms with van der Waals surface area (Å²) in [4.78, 5) is 22.1. The standard InChI is InChI=1S/C19H21N3OS2/c1-13-12-24-16(21-13)10-6-7-11-20-18(23)17-14(2)22-19(25-17)15-8-4-3-5-9-15/h3-5,8-9,12H,6-7,10-11H2,1-2H3,(H,20,23). The molecule has 0 atom stereocenters. The van der Waals surface area contributed by atoms with Gasteiger partial charge in [-0.25, -0.2) is 9.97 Å². The van der Waals surface area contributed by atoms with Gasteiger partial charge in [-0.3, -0.25) is 4.79 Å². The van der Waals surface area contributed by atoms with E-state index in [1.54, 1.807) is 11.3 Å². The molecule has 0 aliphatic rings. The minimum atomic E-state index is -0.0257. The maximum Gasteiger partial charge on any atom is 0.263 e. The molecular formula is C19H21N3OS2. The first-order valence-electron chi connectivity index (χ1n) is 8.35. The van der Waals surface area contributed by atoms with Gasteiger partial charge in [0, 0.05) is 23.2 Å². The Labute approximate surface area is 156 Å². The topological polar surface area (TPSA) is 54.9 Å². The highest BCUT2D eigenvalue weighted by Crippen LogP contribution is 2.27. The Bertz CT molecular complexity index is 839. The van der Waals surface area contributed by atoms with Gasteiger partial charge < -0.3 is 5.32 Å². The Morgan fingerprint density at radius 3 is 2.64 bits per heavy atom. The Kier molecular flexibility index (Phi) is 5.94. The van der Waals surface area contributed by atoms with Crippen molar-refractivity contribution in [3.63, 3.8) is 0 Å². The molecule has 1 amide bonds. The molecule has 130 valence electrons. The Hall–Kier alpha value is -2.05. The van der Waals surface area contributed by atoms with E-state index >= 15 is 0 Å². The average Bonchev–Trinajstić information content (AvgIpc) is 3.21. The van der Waals surface area contributed by atoms with Gasteiger partial charge in [-0.05, 0) is 33.1 Å². The molecular weight excluding hydrogens is 350 g/mol. The number of hydrogen-bond acceptors (Lipinski definition) is 5. The lowest BCUT2D eigenvalue weighted by Gasteiger charge is -2.03. The summed E-state index contributed by atoms with van der Waals surface area (Å²) in [5.74, 6) is -0.0257. The fourth-order valence-electron chi connectivity index (χ4n) is 2.51. The van der Waals surface area contributed by atoms with Crippen LogP contribution in [0.15, 0.2) is 35.7 Å². The van der Waals surface area contributed by atoms with E-state index in [1.165, 1.54) is 16.3 Å². The van der Waals surface area contributed by atoms with Crippen LogP contribution < -0.4 is 5.32 Å². The number of nitrogens with one attached hydrogen (secondary N) is 1. The monoisotopic (exact) mass is 371 g/mol. The number of unbranched alkanes of at least 4 members (excludes halogenated alkanes) is 1. The molecule has 0 unspecified atom stereocenters. The van der Waals surface area contributed by atoms with E-state index in [1.807, 2.05) is 44.2 Å². The van der Waals surface area contributed by atoms with Crippen LogP contribution in [0.4, 0.5) is 0 Å². The third kappa shape index (κ3) is 4.74. The van der Waals surface area contributed by atoms with Crippen LogP contribution in [0.2, 0.25) is 0 Å². The zero-order chi connectivity index (χ0) is 17.6. The first kappa shape index (κ1) is 17.8. The molecule has 0 aliphatic heterocycles. The van der Waals surface area contributed by atoms with Gasteiger partial charge in [0.2, 0.25) is 0 Å². The van der Waals surface area contributed by atoms with Crippen molar-refractivity contribution >= 4 is 28.6 Å². The largest absolute Gasteiger partial charge is 0.351 e. The number of carbonyl (C=O) groups excluding carboxylic acids is 1.